The first kappa shape index (κ1) is 17.8. The number of nitrogens with zero attached hydrogens (tertiary/aromatic N) is 4. The molecule has 4 aliphatic heterocycles. The summed E-state index contributed by atoms with van der Waals surface area (Å²) in [4.78, 5) is 31.3. The van der Waals surface area contributed by atoms with E-state index in [1.165, 1.54) is 0 Å². The van der Waals surface area contributed by atoms with Crippen molar-refractivity contribution in [1.82, 2.24) is 19.6 Å². The van der Waals surface area contributed by atoms with Crippen molar-refractivity contribution in [3.05, 3.63) is 0 Å². The highest BCUT2D eigenvalue weighted by Gasteiger charge is 2.59. The summed E-state index contributed by atoms with van der Waals surface area (Å²) in [6.07, 6.45) is -3.40. The average Bonchev–Trinajstić information content (AvgIpc) is 3.32. The van der Waals surface area contributed by atoms with E-state index >= 15 is 0 Å². The molecule has 0 aliphatic carbocycles. The lowest BCUT2D eigenvalue weighted by Crippen LogP contribution is -2.42. The number of carbonyl (C=O) groups is 2. The molecule has 0 saturated carbocycles. The van der Waals surface area contributed by atoms with Gasteiger partial charge in [-0.25, -0.2) is 9.59 Å². The maximum atomic E-state index is 12.3. The molecule has 4 fully saturated rings. The Morgan fingerprint density at radius 3 is 1.00 bits per heavy atom. The van der Waals surface area contributed by atoms with Gasteiger partial charge in [0.15, 0.2) is 24.9 Å². The van der Waals surface area contributed by atoms with Crippen LogP contribution < -0.4 is 0 Å². The van der Waals surface area contributed by atoms with Crippen molar-refractivity contribution in [2.45, 2.75) is 65.2 Å². The zero-order chi connectivity index (χ0) is 18.6. The maximum Gasteiger partial charge on any atom is 0.324 e. The van der Waals surface area contributed by atoms with Gasteiger partial charge in [0.05, 0.1) is 0 Å². The van der Waals surface area contributed by atoms with E-state index in [4.69, 9.17) is 18.9 Å². The van der Waals surface area contributed by atoms with Crippen molar-refractivity contribution in [2.24, 2.45) is 0 Å². The molecule has 0 N–H and O–H groups in total. The average molecular weight is 370 g/mol. The second-order valence-electron chi connectivity index (χ2n) is 6.55. The number of urea groups is 2. The molecule has 146 valence electrons. The molecule has 4 aliphatic rings. The van der Waals surface area contributed by atoms with Crippen LogP contribution in [-0.4, -0.2) is 95.3 Å². The molecular formula is C16H26N4O6. The molecule has 10 heteroatoms. The van der Waals surface area contributed by atoms with Crippen LogP contribution in [0, 0.1) is 0 Å². The van der Waals surface area contributed by atoms with Crippen molar-refractivity contribution in [3.8, 4) is 0 Å². The molecule has 4 atom stereocenters. The highest BCUT2D eigenvalue weighted by Crippen LogP contribution is 2.39. The molecule has 0 unspecified atom stereocenters. The lowest BCUT2D eigenvalue weighted by atomic mass is 10.4. The number of carbonyl (C=O) groups excluding carboxylic acids is 2. The van der Waals surface area contributed by atoms with Crippen molar-refractivity contribution < 1.29 is 28.5 Å². The molecular weight excluding hydrogens is 344 g/mol. The van der Waals surface area contributed by atoms with Crippen LogP contribution in [0.25, 0.3) is 0 Å². The summed E-state index contributed by atoms with van der Waals surface area (Å²) in [5.41, 5.74) is 0. The van der Waals surface area contributed by atoms with Crippen molar-refractivity contribution in [3.63, 3.8) is 0 Å². The molecule has 10 nitrogen and oxygen atoms in total. The number of hydrogen-bond donors (Lipinski definition) is 0. The van der Waals surface area contributed by atoms with E-state index in [9.17, 15) is 9.59 Å². The van der Waals surface area contributed by atoms with E-state index in [2.05, 4.69) is 0 Å². The summed E-state index contributed by atoms with van der Waals surface area (Å²) in [6, 6.07) is -0.179. The third-order valence-corrected chi connectivity index (χ3v) is 5.38. The lowest BCUT2D eigenvalue weighted by Gasteiger charge is -2.26. The standard InChI is InChI=1S/C16H26N4O6/c1-5-17-9-10(18(6-2)15(17)21)24-13(23-9)14-25-11-12(26-14)20(8-4)16(22)19(11)7-3/h9-14H,5-8H2,1-4H3/t9-,10-,11-,12-/m1/s1. The highest BCUT2D eigenvalue weighted by molar-refractivity contribution is 5.78. The van der Waals surface area contributed by atoms with E-state index in [1.54, 1.807) is 19.6 Å². The molecule has 0 spiro atoms. The Bertz CT molecular complexity index is 497. The first-order chi connectivity index (χ1) is 12.5. The SMILES string of the molecule is CCN1C(=O)N(CC)[C@@H]2OC(C3O[C@@H]4[C@@H](O3)N(CC)C(=O)N4CC)O[C@H]21. The summed E-state index contributed by atoms with van der Waals surface area (Å²) in [6.45, 7) is 9.75. The van der Waals surface area contributed by atoms with E-state index in [-0.39, 0.29) is 12.1 Å². The van der Waals surface area contributed by atoms with Crippen molar-refractivity contribution in [1.29, 1.82) is 0 Å². The molecule has 26 heavy (non-hydrogen) atoms. The third-order valence-electron chi connectivity index (χ3n) is 5.38. The lowest BCUT2D eigenvalue weighted by molar-refractivity contribution is -0.242. The Hall–Kier alpha value is -1.62. The zero-order valence-corrected chi connectivity index (χ0v) is 15.5. The zero-order valence-electron chi connectivity index (χ0n) is 15.5. The molecule has 4 amide bonds. The second-order valence-corrected chi connectivity index (χ2v) is 6.55. The number of fused-ring (bicyclic) bond motifs is 2. The van der Waals surface area contributed by atoms with Gasteiger partial charge in [-0.15, -0.1) is 0 Å². The monoisotopic (exact) mass is 370 g/mol. The molecule has 4 saturated heterocycles. The molecule has 4 rings (SSSR count). The molecule has 0 bridgehead atoms. The summed E-state index contributed by atoms with van der Waals surface area (Å²) < 4.78 is 23.9. The Balaban J connectivity index is 1.48. The predicted molar refractivity (Wildman–Crippen MR) is 87.4 cm³/mol. The van der Waals surface area contributed by atoms with Gasteiger partial charge in [0.2, 0.25) is 12.6 Å². The second kappa shape index (κ2) is 6.52. The first-order valence-corrected chi connectivity index (χ1v) is 9.31. The van der Waals surface area contributed by atoms with Gasteiger partial charge in [0.1, 0.15) is 0 Å². The van der Waals surface area contributed by atoms with Crippen LogP contribution in [0.5, 0.6) is 0 Å². The molecule has 0 aromatic carbocycles. The smallest absolute Gasteiger partial charge is 0.319 e. The van der Waals surface area contributed by atoms with Gasteiger partial charge >= 0.3 is 12.1 Å². The number of amides is 4. The number of rotatable bonds is 5. The van der Waals surface area contributed by atoms with Crippen LogP contribution in [0.2, 0.25) is 0 Å². The minimum Gasteiger partial charge on any atom is -0.319 e. The van der Waals surface area contributed by atoms with Crippen LogP contribution >= 0.6 is 0 Å². The predicted octanol–water partition coefficient (Wildman–Crippen LogP) is 0.591. The topological polar surface area (TPSA) is 84.0 Å². The fourth-order valence-corrected chi connectivity index (χ4v) is 4.08. The number of hydrogen-bond acceptors (Lipinski definition) is 6. The molecule has 4 heterocycles. The van der Waals surface area contributed by atoms with Gasteiger partial charge in [0.25, 0.3) is 0 Å². The van der Waals surface area contributed by atoms with Gasteiger partial charge in [-0.3, -0.25) is 19.6 Å². The summed E-state index contributed by atoms with van der Waals surface area (Å²) >= 11 is 0. The Labute approximate surface area is 152 Å². The first-order valence-electron chi connectivity index (χ1n) is 9.31. The van der Waals surface area contributed by atoms with Crippen LogP contribution in [-0.2, 0) is 18.9 Å². The Morgan fingerprint density at radius 2 is 0.808 bits per heavy atom. The largest absolute Gasteiger partial charge is 0.324 e. The quantitative estimate of drug-likeness (QED) is 0.704. The van der Waals surface area contributed by atoms with Gasteiger partial charge < -0.3 is 18.9 Å². The van der Waals surface area contributed by atoms with E-state index in [0.29, 0.717) is 26.2 Å². The molecule has 0 aromatic rings. The Morgan fingerprint density at radius 1 is 0.577 bits per heavy atom. The van der Waals surface area contributed by atoms with Crippen molar-refractivity contribution in [2.75, 3.05) is 26.2 Å². The van der Waals surface area contributed by atoms with Crippen molar-refractivity contribution >= 4 is 12.1 Å². The fraction of sp³-hybridized carbons (Fsp3) is 0.875. The Kier molecular flexibility index (Phi) is 4.46. The van der Waals surface area contributed by atoms with E-state index in [0.717, 1.165) is 0 Å². The normalized spacial score (nSPS) is 35.2. The summed E-state index contributed by atoms with van der Waals surface area (Å²) in [5, 5.41) is 0. The van der Waals surface area contributed by atoms with E-state index in [1.807, 2.05) is 27.7 Å². The molecule has 0 radical (unpaired) electrons. The third kappa shape index (κ3) is 2.32. The minimum absolute atomic E-state index is 0.0894. The minimum atomic E-state index is -0.751. The van der Waals surface area contributed by atoms with Crippen LogP contribution in [0.4, 0.5) is 9.59 Å². The fourth-order valence-electron chi connectivity index (χ4n) is 4.08. The van der Waals surface area contributed by atoms with E-state index < -0.39 is 37.5 Å². The van der Waals surface area contributed by atoms with Crippen LogP contribution in [0.1, 0.15) is 27.7 Å². The van der Waals surface area contributed by atoms with Gasteiger partial charge in [-0.2, -0.15) is 0 Å². The summed E-state index contributed by atoms with van der Waals surface area (Å²) in [5.74, 6) is 0. The van der Waals surface area contributed by atoms with Gasteiger partial charge in [0, 0.05) is 26.2 Å². The number of likely N-dealkylation sites (N-methyl/N-ethyl adjacent to an activating group) is 4. The number of ether oxygens (including phenoxy) is 4. The maximum absolute atomic E-state index is 12.3. The summed E-state index contributed by atoms with van der Waals surface area (Å²) in [7, 11) is 0. The highest BCUT2D eigenvalue weighted by atomic mass is 16.8. The molecule has 0 aromatic heterocycles. The van der Waals surface area contributed by atoms with Gasteiger partial charge in [-0.05, 0) is 27.7 Å². The van der Waals surface area contributed by atoms with Crippen LogP contribution in [0.15, 0.2) is 0 Å². The van der Waals surface area contributed by atoms with Gasteiger partial charge in [-0.1, -0.05) is 0 Å². The van der Waals surface area contributed by atoms with Crippen LogP contribution in [0.3, 0.4) is 0 Å².